The average molecular weight is 389 g/mol. The van der Waals surface area contributed by atoms with Gasteiger partial charge in [-0.1, -0.05) is 0 Å². The summed E-state index contributed by atoms with van der Waals surface area (Å²) in [7, 11) is 1.42. The van der Waals surface area contributed by atoms with Crippen molar-refractivity contribution >= 4 is 11.9 Å². The van der Waals surface area contributed by atoms with Gasteiger partial charge in [0, 0.05) is 13.2 Å². The number of amides is 1. The van der Waals surface area contributed by atoms with E-state index in [1.165, 1.54) is 7.11 Å². The number of nitrogens with one attached hydrogen (secondary N) is 1. The van der Waals surface area contributed by atoms with Gasteiger partial charge in [-0.3, -0.25) is 4.79 Å². The number of rotatable bonds is 9. The zero-order valence-electron chi connectivity index (χ0n) is 16.1. The van der Waals surface area contributed by atoms with Crippen molar-refractivity contribution in [2.75, 3.05) is 27.1 Å². The van der Waals surface area contributed by atoms with Gasteiger partial charge in [0.15, 0.2) is 17.3 Å². The number of ether oxygens (including phenoxy) is 4. The Morgan fingerprint density at radius 2 is 1.89 bits per heavy atom. The predicted molar refractivity (Wildman–Crippen MR) is 92.8 cm³/mol. The molecule has 9 heteroatoms. The smallest absolute Gasteiger partial charge is 0.407 e. The first kappa shape index (κ1) is 22.8. The minimum Gasteiger partial charge on any atom is -0.482 e. The third kappa shape index (κ3) is 8.31. The topological polar surface area (TPSA) is 83.1 Å². The summed E-state index contributed by atoms with van der Waals surface area (Å²) in [5.41, 5.74) is -0.945. The normalized spacial score (nSPS) is 12.4. The molecule has 0 fully saturated rings. The van der Waals surface area contributed by atoms with Crippen molar-refractivity contribution in [3.63, 3.8) is 0 Å². The number of halogens is 2. The Morgan fingerprint density at radius 3 is 2.44 bits per heavy atom. The summed E-state index contributed by atoms with van der Waals surface area (Å²) in [4.78, 5) is 23.5. The summed E-state index contributed by atoms with van der Waals surface area (Å²) in [6.45, 7) is 6.03. The van der Waals surface area contributed by atoms with Gasteiger partial charge in [0.1, 0.15) is 24.3 Å². The monoisotopic (exact) mass is 389 g/mol. The molecule has 1 rings (SSSR count). The van der Waals surface area contributed by atoms with Crippen LogP contribution >= 0.6 is 0 Å². The highest BCUT2D eigenvalue weighted by atomic mass is 19.1. The Kier molecular flexibility index (Phi) is 8.58. The number of hydrogen-bond acceptors (Lipinski definition) is 6. The number of carbonyl (C=O) groups is 2. The summed E-state index contributed by atoms with van der Waals surface area (Å²) in [5, 5.41) is 2.48. The Hall–Kier alpha value is -2.26. The maximum absolute atomic E-state index is 14.1. The van der Waals surface area contributed by atoms with Crippen LogP contribution in [0.25, 0.3) is 0 Å². The molecule has 1 amide bonds. The number of methoxy groups -OCH3 is 1. The first-order chi connectivity index (χ1) is 12.5. The van der Waals surface area contributed by atoms with Crippen molar-refractivity contribution in [3.05, 3.63) is 29.3 Å². The lowest BCUT2D eigenvalue weighted by molar-refractivity contribution is -0.0565. The van der Waals surface area contributed by atoms with Gasteiger partial charge in [-0.2, -0.15) is 0 Å². The van der Waals surface area contributed by atoms with Crippen LogP contribution in [0.15, 0.2) is 12.1 Å². The van der Waals surface area contributed by atoms with Crippen LogP contribution in [0.3, 0.4) is 0 Å². The summed E-state index contributed by atoms with van der Waals surface area (Å²) < 4.78 is 48.1. The molecule has 0 unspecified atom stereocenters. The van der Waals surface area contributed by atoms with E-state index in [4.69, 9.17) is 18.9 Å². The van der Waals surface area contributed by atoms with Crippen LogP contribution in [-0.2, 0) is 14.2 Å². The van der Waals surface area contributed by atoms with Gasteiger partial charge in [-0.05, 0) is 33.8 Å². The molecule has 1 N–H and O–H groups in total. The molecule has 0 aromatic heterocycles. The maximum Gasteiger partial charge on any atom is 0.407 e. The van der Waals surface area contributed by atoms with E-state index in [2.05, 4.69) is 5.32 Å². The van der Waals surface area contributed by atoms with E-state index in [1.54, 1.807) is 20.8 Å². The molecule has 0 spiro atoms. The third-order valence-electron chi connectivity index (χ3n) is 3.05. The molecular formula is C18H25F2NO6. The Labute approximate surface area is 156 Å². The van der Waals surface area contributed by atoms with Crippen LogP contribution in [0.1, 0.15) is 38.1 Å². The highest BCUT2D eigenvalue weighted by Crippen LogP contribution is 2.26. The van der Waals surface area contributed by atoms with Crippen LogP contribution in [0.4, 0.5) is 13.6 Å². The summed E-state index contributed by atoms with van der Waals surface area (Å²) >= 11 is 0. The van der Waals surface area contributed by atoms with Gasteiger partial charge in [-0.25, -0.2) is 13.6 Å². The van der Waals surface area contributed by atoms with Gasteiger partial charge in [0.2, 0.25) is 0 Å². The molecule has 0 saturated carbocycles. The minimum absolute atomic E-state index is 0.0578. The second-order valence-electron chi connectivity index (χ2n) is 6.72. The lowest BCUT2D eigenvalue weighted by Gasteiger charge is -2.23. The largest absolute Gasteiger partial charge is 0.482 e. The summed E-state index contributed by atoms with van der Waals surface area (Å²) in [6.07, 6.45) is -1.58. The predicted octanol–water partition coefficient (Wildman–Crippen LogP) is 3.06. The SMILES string of the molecule is COCOC[C@H](CNC(=O)OC(C)(C)C)Oc1c(F)cc(F)cc1C(C)=O. The molecule has 152 valence electrons. The molecule has 0 bridgehead atoms. The zero-order valence-corrected chi connectivity index (χ0v) is 16.1. The Morgan fingerprint density at radius 1 is 1.22 bits per heavy atom. The van der Waals surface area contributed by atoms with E-state index in [9.17, 15) is 18.4 Å². The van der Waals surface area contributed by atoms with Crippen molar-refractivity contribution < 1.29 is 37.3 Å². The van der Waals surface area contributed by atoms with Gasteiger partial charge in [0.25, 0.3) is 0 Å². The van der Waals surface area contributed by atoms with E-state index in [0.717, 1.165) is 13.0 Å². The van der Waals surface area contributed by atoms with Gasteiger partial charge in [0.05, 0.1) is 18.7 Å². The lowest BCUT2D eigenvalue weighted by atomic mass is 10.1. The summed E-state index contributed by atoms with van der Waals surface area (Å²) in [5.74, 6) is -2.92. The van der Waals surface area contributed by atoms with Crippen LogP contribution in [-0.4, -0.2) is 50.6 Å². The second-order valence-corrected chi connectivity index (χ2v) is 6.72. The number of carbonyl (C=O) groups excluding carboxylic acids is 2. The molecule has 1 aromatic rings. The Balaban J connectivity index is 2.92. The van der Waals surface area contributed by atoms with Crippen LogP contribution in [0.5, 0.6) is 5.75 Å². The number of alkyl carbamates (subject to hydrolysis) is 1. The molecule has 0 heterocycles. The fourth-order valence-corrected chi connectivity index (χ4v) is 2.02. The van der Waals surface area contributed by atoms with E-state index in [1.807, 2.05) is 0 Å². The minimum atomic E-state index is -1.03. The van der Waals surface area contributed by atoms with Crippen LogP contribution < -0.4 is 10.1 Å². The van der Waals surface area contributed by atoms with Crippen LogP contribution in [0.2, 0.25) is 0 Å². The first-order valence-electron chi connectivity index (χ1n) is 8.23. The molecule has 0 aliphatic heterocycles. The standard InChI is InChI=1S/C18H25F2NO6/c1-11(22)14-6-12(19)7-15(20)16(14)26-13(9-25-10-24-5)8-21-17(23)27-18(2,3)4/h6-7,13H,8-10H2,1-5H3,(H,21,23)/t13-/m0/s1. The van der Waals surface area contributed by atoms with E-state index in [0.29, 0.717) is 6.07 Å². The molecule has 1 aromatic carbocycles. The molecule has 7 nitrogen and oxygen atoms in total. The highest BCUT2D eigenvalue weighted by Gasteiger charge is 2.22. The molecule has 0 aliphatic carbocycles. The highest BCUT2D eigenvalue weighted by molar-refractivity contribution is 5.96. The number of benzene rings is 1. The molecule has 0 saturated heterocycles. The summed E-state index contributed by atoms with van der Waals surface area (Å²) in [6, 6.07) is 1.49. The number of ketones is 1. The van der Waals surface area contributed by atoms with E-state index >= 15 is 0 Å². The fourth-order valence-electron chi connectivity index (χ4n) is 2.02. The Bertz CT molecular complexity index is 660. The van der Waals surface area contributed by atoms with Crippen LogP contribution in [0, 0.1) is 11.6 Å². The second kappa shape index (κ2) is 10.2. The van der Waals surface area contributed by atoms with Gasteiger partial charge >= 0.3 is 6.09 Å². The molecule has 1 atom stereocenters. The molecule has 27 heavy (non-hydrogen) atoms. The maximum atomic E-state index is 14.1. The lowest BCUT2D eigenvalue weighted by Crippen LogP contribution is -2.41. The van der Waals surface area contributed by atoms with Crippen molar-refractivity contribution in [3.8, 4) is 5.75 Å². The van der Waals surface area contributed by atoms with Crippen molar-refractivity contribution in [1.82, 2.24) is 5.32 Å². The average Bonchev–Trinajstić information content (AvgIpc) is 2.52. The molecule has 0 aliphatic rings. The third-order valence-corrected chi connectivity index (χ3v) is 3.05. The van der Waals surface area contributed by atoms with Crippen molar-refractivity contribution in [2.24, 2.45) is 0 Å². The van der Waals surface area contributed by atoms with E-state index < -0.39 is 41.0 Å². The van der Waals surface area contributed by atoms with Gasteiger partial charge < -0.3 is 24.3 Å². The molecular weight excluding hydrogens is 364 g/mol. The molecule has 0 radical (unpaired) electrons. The number of hydrogen-bond donors (Lipinski definition) is 1. The van der Waals surface area contributed by atoms with Gasteiger partial charge in [-0.15, -0.1) is 0 Å². The first-order valence-corrected chi connectivity index (χ1v) is 8.23. The van der Waals surface area contributed by atoms with Crippen molar-refractivity contribution in [2.45, 2.75) is 39.4 Å². The van der Waals surface area contributed by atoms with E-state index in [-0.39, 0.29) is 25.5 Å². The zero-order chi connectivity index (χ0) is 20.6. The fraction of sp³-hybridized carbons (Fsp3) is 0.556. The van der Waals surface area contributed by atoms with Crippen molar-refractivity contribution in [1.29, 1.82) is 0 Å². The number of Topliss-reactive ketones (excluding diaryl/α,β-unsaturated/α-hetero) is 1. The quantitative estimate of drug-likeness (QED) is 0.397.